The Balaban J connectivity index is 1.43. The van der Waals surface area contributed by atoms with Crippen molar-refractivity contribution < 1.29 is 9.53 Å². The number of rotatable bonds is 7. The molecule has 0 unspecified atom stereocenters. The number of ketones is 1. The zero-order valence-corrected chi connectivity index (χ0v) is 19.1. The third-order valence-electron chi connectivity index (χ3n) is 4.42. The first-order valence-electron chi connectivity index (χ1n) is 9.15. The van der Waals surface area contributed by atoms with E-state index in [9.17, 15) is 10.1 Å². The molecule has 1 aliphatic rings. The molecular weight excluding hydrogens is 450 g/mol. The summed E-state index contributed by atoms with van der Waals surface area (Å²) in [6, 6.07) is 17.4. The van der Waals surface area contributed by atoms with Gasteiger partial charge in [0.25, 0.3) is 0 Å². The standard InChI is InChI=1S/C21H17N5O2S3/c1-26-15-8-4-6-10-18(15)30-19(26)13(11-22)16(27)12-29-21-25-24-20(31-21)23-14-7-3-5-9-17(14)28-2/h3-10H,12H2,1-2H3,(H,23,24)/b19-13+. The maximum atomic E-state index is 12.8. The van der Waals surface area contributed by atoms with Crippen LogP contribution in [0.5, 0.6) is 5.75 Å². The fourth-order valence-corrected chi connectivity index (χ4v) is 5.73. The van der Waals surface area contributed by atoms with E-state index < -0.39 is 0 Å². The molecule has 4 rings (SSSR count). The van der Waals surface area contributed by atoms with Crippen LogP contribution in [-0.2, 0) is 4.79 Å². The lowest BCUT2D eigenvalue weighted by molar-refractivity contribution is -0.112. The third kappa shape index (κ3) is 4.54. The van der Waals surface area contributed by atoms with E-state index in [0.29, 0.717) is 20.2 Å². The summed E-state index contributed by atoms with van der Waals surface area (Å²) in [6.45, 7) is 0. The number of carbonyl (C=O) groups is 1. The molecular formula is C21H17N5O2S3. The van der Waals surface area contributed by atoms with E-state index >= 15 is 0 Å². The Labute approximate surface area is 192 Å². The number of para-hydroxylation sites is 3. The summed E-state index contributed by atoms with van der Waals surface area (Å²) in [5.41, 5.74) is 1.94. The number of carbonyl (C=O) groups excluding carboxylic acids is 1. The Bertz CT molecular complexity index is 1200. The maximum absolute atomic E-state index is 12.8. The second kappa shape index (κ2) is 9.43. The first-order valence-corrected chi connectivity index (χ1v) is 11.8. The van der Waals surface area contributed by atoms with E-state index in [2.05, 4.69) is 21.6 Å². The topological polar surface area (TPSA) is 91.1 Å². The second-order valence-electron chi connectivity index (χ2n) is 6.33. The van der Waals surface area contributed by atoms with Crippen LogP contribution >= 0.6 is 34.9 Å². The Hall–Kier alpha value is -3.00. The molecule has 1 N–H and O–H groups in total. The minimum Gasteiger partial charge on any atom is -0.495 e. The Morgan fingerprint density at radius 1 is 1.23 bits per heavy atom. The quantitative estimate of drug-likeness (QED) is 0.295. The average molecular weight is 468 g/mol. The van der Waals surface area contributed by atoms with Crippen molar-refractivity contribution in [2.45, 2.75) is 9.24 Å². The fraction of sp³-hybridized carbons (Fsp3) is 0.143. The van der Waals surface area contributed by atoms with Gasteiger partial charge in [-0.2, -0.15) is 5.26 Å². The Morgan fingerprint density at radius 2 is 2.00 bits per heavy atom. The molecule has 0 fully saturated rings. The maximum Gasteiger partial charge on any atom is 0.210 e. The molecule has 0 atom stereocenters. The van der Waals surface area contributed by atoms with Crippen LogP contribution in [0.15, 0.2) is 68.4 Å². The number of hydrogen-bond acceptors (Lipinski definition) is 10. The number of ether oxygens (including phenoxy) is 1. The van der Waals surface area contributed by atoms with Crippen LogP contribution in [0.3, 0.4) is 0 Å². The van der Waals surface area contributed by atoms with Crippen LogP contribution in [0.4, 0.5) is 16.5 Å². The molecule has 0 radical (unpaired) electrons. The van der Waals surface area contributed by atoms with Gasteiger partial charge in [0.05, 0.1) is 24.2 Å². The first kappa shape index (κ1) is 21.2. The van der Waals surface area contributed by atoms with Gasteiger partial charge in [-0.3, -0.25) is 4.79 Å². The summed E-state index contributed by atoms with van der Waals surface area (Å²) in [4.78, 5) is 15.7. The molecule has 0 saturated heterocycles. The van der Waals surface area contributed by atoms with Crippen LogP contribution in [0.25, 0.3) is 0 Å². The summed E-state index contributed by atoms with van der Waals surface area (Å²) in [6.07, 6.45) is 0. The number of anilines is 3. The van der Waals surface area contributed by atoms with Crippen molar-refractivity contribution in [1.29, 1.82) is 5.26 Å². The van der Waals surface area contributed by atoms with E-state index in [4.69, 9.17) is 4.74 Å². The highest BCUT2D eigenvalue weighted by Gasteiger charge is 2.28. The van der Waals surface area contributed by atoms with E-state index in [1.165, 1.54) is 34.9 Å². The molecule has 0 amide bonds. The molecule has 156 valence electrons. The van der Waals surface area contributed by atoms with E-state index in [1.54, 1.807) is 7.11 Å². The minimum absolute atomic E-state index is 0.112. The zero-order chi connectivity index (χ0) is 21.8. The molecule has 1 aliphatic heterocycles. The van der Waals surface area contributed by atoms with Crippen LogP contribution in [0.2, 0.25) is 0 Å². The van der Waals surface area contributed by atoms with E-state index in [0.717, 1.165) is 16.3 Å². The second-order valence-corrected chi connectivity index (χ2v) is 9.56. The smallest absolute Gasteiger partial charge is 0.210 e. The average Bonchev–Trinajstić information content (AvgIpc) is 3.38. The molecule has 31 heavy (non-hydrogen) atoms. The largest absolute Gasteiger partial charge is 0.495 e. The van der Waals surface area contributed by atoms with E-state index in [-0.39, 0.29) is 17.1 Å². The molecule has 2 aromatic carbocycles. The van der Waals surface area contributed by atoms with Crippen molar-refractivity contribution in [1.82, 2.24) is 10.2 Å². The van der Waals surface area contributed by atoms with Gasteiger partial charge in [-0.1, -0.05) is 59.1 Å². The third-order valence-corrected chi connectivity index (χ3v) is 7.63. The van der Waals surface area contributed by atoms with Gasteiger partial charge in [-0.15, -0.1) is 10.2 Å². The van der Waals surface area contributed by atoms with Gasteiger partial charge in [0, 0.05) is 11.9 Å². The minimum atomic E-state index is -0.232. The molecule has 0 saturated carbocycles. The number of nitrogens with one attached hydrogen (secondary N) is 1. The monoisotopic (exact) mass is 467 g/mol. The highest BCUT2D eigenvalue weighted by atomic mass is 32.2. The predicted molar refractivity (Wildman–Crippen MR) is 125 cm³/mol. The number of nitrogens with zero attached hydrogens (tertiary/aromatic N) is 4. The molecule has 3 aromatic rings. The van der Waals surface area contributed by atoms with Crippen molar-refractivity contribution in [2.75, 3.05) is 30.1 Å². The van der Waals surface area contributed by atoms with Crippen molar-refractivity contribution in [3.63, 3.8) is 0 Å². The normalized spacial score (nSPS) is 14.0. The van der Waals surface area contributed by atoms with Gasteiger partial charge in [-0.25, -0.2) is 0 Å². The van der Waals surface area contributed by atoms with Gasteiger partial charge in [0.1, 0.15) is 22.4 Å². The highest BCUT2D eigenvalue weighted by molar-refractivity contribution is 8.04. The molecule has 0 spiro atoms. The number of fused-ring (bicyclic) bond motifs is 1. The number of thioether (sulfide) groups is 2. The number of nitriles is 1. The lowest BCUT2D eigenvalue weighted by Gasteiger charge is -2.14. The lowest BCUT2D eigenvalue weighted by Crippen LogP contribution is -2.16. The van der Waals surface area contributed by atoms with Crippen molar-refractivity contribution in [2.24, 2.45) is 0 Å². The van der Waals surface area contributed by atoms with Crippen molar-refractivity contribution in [3.05, 3.63) is 59.1 Å². The number of allylic oxidation sites excluding steroid dienone is 1. The van der Waals surface area contributed by atoms with Crippen LogP contribution in [0, 0.1) is 11.3 Å². The molecule has 10 heteroatoms. The zero-order valence-electron chi connectivity index (χ0n) is 16.7. The summed E-state index contributed by atoms with van der Waals surface area (Å²) >= 11 is 4.05. The van der Waals surface area contributed by atoms with Gasteiger partial charge >= 0.3 is 0 Å². The summed E-state index contributed by atoms with van der Waals surface area (Å²) in [5.74, 6) is 0.580. The highest BCUT2D eigenvalue weighted by Crippen LogP contribution is 2.46. The van der Waals surface area contributed by atoms with Crippen molar-refractivity contribution >= 4 is 57.2 Å². The van der Waals surface area contributed by atoms with Crippen molar-refractivity contribution in [3.8, 4) is 11.8 Å². The number of hydrogen-bond donors (Lipinski definition) is 1. The molecule has 0 aliphatic carbocycles. The summed E-state index contributed by atoms with van der Waals surface area (Å²) in [5, 5.41) is 22.3. The number of aromatic nitrogens is 2. The van der Waals surface area contributed by atoms with Gasteiger partial charge in [-0.05, 0) is 24.3 Å². The number of methoxy groups -OCH3 is 1. The van der Waals surface area contributed by atoms with Crippen LogP contribution < -0.4 is 15.0 Å². The van der Waals surface area contributed by atoms with Gasteiger partial charge < -0.3 is 15.0 Å². The van der Waals surface area contributed by atoms with Crippen LogP contribution in [0.1, 0.15) is 0 Å². The van der Waals surface area contributed by atoms with E-state index in [1.807, 2.05) is 60.5 Å². The fourth-order valence-electron chi connectivity index (χ4n) is 2.93. The van der Waals surface area contributed by atoms with Crippen LogP contribution in [-0.4, -0.2) is 35.9 Å². The molecule has 7 nitrogen and oxygen atoms in total. The first-order chi connectivity index (χ1) is 15.1. The summed E-state index contributed by atoms with van der Waals surface area (Å²) in [7, 11) is 3.47. The van der Waals surface area contributed by atoms with Gasteiger partial charge in [0.2, 0.25) is 5.13 Å². The molecule has 0 bridgehead atoms. The Kier molecular flexibility index (Phi) is 6.46. The van der Waals surface area contributed by atoms with Gasteiger partial charge in [0.15, 0.2) is 10.1 Å². The number of Topliss-reactive ketones (excluding diaryl/α,β-unsaturated/α-hetero) is 1. The summed E-state index contributed by atoms with van der Waals surface area (Å²) < 4.78 is 5.97. The molecule has 2 heterocycles. The number of benzene rings is 2. The SMILES string of the molecule is COc1ccccc1Nc1nnc(SCC(=O)/C(C#N)=C2/Sc3ccccc3N2C)s1. The lowest BCUT2D eigenvalue weighted by atomic mass is 10.2. The predicted octanol–water partition coefficient (Wildman–Crippen LogP) is 4.93. The molecule has 1 aromatic heterocycles. The Morgan fingerprint density at radius 3 is 2.77 bits per heavy atom.